The van der Waals surface area contributed by atoms with Gasteiger partial charge in [-0.15, -0.1) is 11.8 Å². The van der Waals surface area contributed by atoms with E-state index in [1.807, 2.05) is 6.92 Å². The van der Waals surface area contributed by atoms with Gasteiger partial charge in [-0.25, -0.2) is 32.1 Å². The second-order valence-corrected chi connectivity index (χ2v) is 11.0. The number of ether oxygens (including phenoxy) is 1. The Labute approximate surface area is 231 Å². The topological polar surface area (TPSA) is 148 Å². The molecular formula is C26H30N4O7S2. The molecule has 0 aliphatic heterocycles. The molecule has 2 amide bonds. The fourth-order valence-electron chi connectivity index (χ4n) is 3.79. The van der Waals surface area contributed by atoms with Gasteiger partial charge in [-0.3, -0.25) is 0 Å². The SMILES string of the molecule is CCCNC(=O)N(C)S(=O)(=O)c1ccccc1-c1ccc(Cn2c(C(=O)OCC)nc(SC)c2C(=O)O)cc1. The highest BCUT2D eigenvalue weighted by molar-refractivity contribution is 7.98. The van der Waals surface area contributed by atoms with Gasteiger partial charge < -0.3 is 19.7 Å². The standard InChI is InChI=1S/C26H30N4O7S2/c1-5-15-27-26(34)29(3)39(35,36)20-10-8-7-9-19(20)18-13-11-17(12-14-18)16-30-21(24(31)32)23(38-4)28-22(30)25(33)37-6-2/h7-14H,5-6,15-16H2,1-4H3,(H,27,34)(H,31,32). The molecular weight excluding hydrogens is 544 g/mol. The van der Waals surface area contributed by atoms with E-state index >= 15 is 0 Å². The predicted molar refractivity (Wildman–Crippen MR) is 147 cm³/mol. The maximum atomic E-state index is 13.3. The first-order valence-corrected chi connectivity index (χ1v) is 14.7. The summed E-state index contributed by atoms with van der Waals surface area (Å²) in [7, 11) is -2.95. The van der Waals surface area contributed by atoms with Crippen molar-refractivity contribution < 1.29 is 32.6 Å². The van der Waals surface area contributed by atoms with E-state index in [1.165, 1.54) is 17.7 Å². The molecule has 13 heteroatoms. The van der Waals surface area contributed by atoms with Crippen LogP contribution in [0.3, 0.4) is 0 Å². The van der Waals surface area contributed by atoms with Crippen molar-refractivity contribution in [1.29, 1.82) is 0 Å². The molecule has 0 fully saturated rings. The van der Waals surface area contributed by atoms with E-state index < -0.39 is 28.0 Å². The van der Waals surface area contributed by atoms with Gasteiger partial charge >= 0.3 is 18.0 Å². The van der Waals surface area contributed by atoms with Crippen molar-refractivity contribution in [1.82, 2.24) is 19.2 Å². The number of carboxylic acids is 1. The lowest BCUT2D eigenvalue weighted by Crippen LogP contribution is -2.41. The van der Waals surface area contributed by atoms with Crippen molar-refractivity contribution in [2.75, 3.05) is 26.5 Å². The van der Waals surface area contributed by atoms with Crippen LogP contribution in [0.4, 0.5) is 4.79 Å². The fraction of sp³-hybridized carbons (Fsp3) is 0.308. The van der Waals surface area contributed by atoms with Gasteiger partial charge in [-0.1, -0.05) is 49.4 Å². The third-order valence-electron chi connectivity index (χ3n) is 5.73. The average Bonchev–Trinajstić information content (AvgIpc) is 3.30. The number of aromatic carboxylic acids is 1. The summed E-state index contributed by atoms with van der Waals surface area (Å²) in [5.74, 6) is -2.09. The molecule has 3 aromatic rings. The van der Waals surface area contributed by atoms with Crippen molar-refractivity contribution in [2.24, 2.45) is 0 Å². The number of carboxylic acid groups (broad SMARTS) is 1. The predicted octanol–water partition coefficient (Wildman–Crippen LogP) is 3.94. The lowest BCUT2D eigenvalue weighted by Gasteiger charge is -2.20. The Morgan fingerprint density at radius 3 is 2.36 bits per heavy atom. The van der Waals surface area contributed by atoms with Crippen LogP contribution in [0.1, 0.15) is 46.9 Å². The molecule has 0 atom stereocenters. The summed E-state index contributed by atoms with van der Waals surface area (Å²) < 4.78 is 33.6. The Kier molecular flexibility index (Phi) is 9.76. The molecule has 0 unspecified atom stereocenters. The highest BCUT2D eigenvalue weighted by Gasteiger charge is 2.29. The van der Waals surface area contributed by atoms with Crippen LogP contribution in [-0.4, -0.2) is 71.8 Å². The molecule has 0 aliphatic carbocycles. The number of nitrogens with one attached hydrogen (secondary N) is 1. The van der Waals surface area contributed by atoms with E-state index in [4.69, 9.17) is 4.74 Å². The zero-order valence-corrected chi connectivity index (χ0v) is 23.6. The minimum Gasteiger partial charge on any atom is -0.476 e. The summed E-state index contributed by atoms with van der Waals surface area (Å²) in [6, 6.07) is 12.4. The molecule has 0 radical (unpaired) electrons. The Balaban J connectivity index is 1.98. The molecule has 0 saturated heterocycles. The number of sulfonamides is 1. The molecule has 39 heavy (non-hydrogen) atoms. The largest absolute Gasteiger partial charge is 0.476 e. The normalized spacial score (nSPS) is 11.2. The first kappa shape index (κ1) is 29.7. The Morgan fingerprint density at radius 2 is 1.77 bits per heavy atom. The quantitative estimate of drug-likeness (QED) is 0.257. The van der Waals surface area contributed by atoms with Gasteiger partial charge in [0.2, 0.25) is 5.82 Å². The minimum atomic E-state index is -4.15. The Hall–Kier alpha value is -3.84. The van der Waals surface area contributed by atoms with Gasteiger partial charge in [0.25, 0.3) is 10.0 Å². The third-order valence-corrected chi connectivity index (χ3v) is 8.20. The van der Waals surface area contributed by atoms with E-state index in [0.717, 1.165) is 11.8 Å². The van der Waals surface area contributed by atoms with Crippen LogP contribution in [0.2, 0.25) is 0 Å². The van der Waals surface area contributed by atoms with Crippen molar-refractivity contribution in [3.63, 3.8) is 0 Å². The second kappa shape index (κ2) is 12.8. The highest BCUT2D eigenvalue weighted by Crippen LogP contribution is 2.30. The van der Waals surface area contributed by atoms with E-state index in [1.54, 1.807) is 55.6 Å². The van der Waals surface area contributed by atoms with Crippen molar-refractivity contribution in [2.45, 2.75) is 36.7 Å². The van der Waals surface area contributed by atoms with Gasteiger partial charge in [-0.2, -0.15) is 0 Å². The van der Waals surface area contributed by atoms with Crippen molar-refractivity contribution in [3.05, 3.63) is 65.6 Å². The number of esters is 1. The average molecular weight is 575 g/mol. The fourth-order valence-corrected chi connectivity index (χ4v) is 5.65. The smallest absolute Gasteiger partial charge is 0.374 e. The van der Waals surface area contributed by atoms with Crippen LogP contribution < -0.4 is 5.32 Å². The molecule has 11 nitrogen and oxygen atoms in total. The molecule has 0 bridgehead atoms. The number of hydrogen-bond acceptors (Lipinski definition) is 8. The molecule has 1 aromatic heterocycles. The van der Waals surface area contributed by atoms with Crippen LogP contribution in [0.25, 0.3) is 11.1 Å². The number of carbonyl (C=O) groups is 3. The molecule has 3 rings (SSSR count). The minimum absolute atomic E-state index is 0.0178. The van der Waals surface area contributed by atoms with Crippen molar-refractivity contribution >= 4 is 39.8 Å². The Bertz CT molecular complexity index is 1470. The van der Waals surface area contributed by atoms with Gasteiger partial charge in [-0.05, 0) is 36.8 Å². The first-order valence-electron chi connectivity index (χ1n) is 12.1. The number of rotatable bonds is 11. The molecule has 0 saturated carbocycles. The third kappa shape index (κ3) is 6.42. The maximum Gasteiger partial charge on any atom is 0.374 e. The van der Waals surface area contributed by atoms with E-state index in [2.05, 4.69) is 10.3 Å². The number of hydrogen-bond donors (Lipinski definition) is 2. The van der Waals surface area contributed by atoms with Crippen LogP contribution >= 0.6 is 11.8 Å². The lowest BCUT2D eigenvalue weighted by molar-refractivity contribution is 0.0506. The number of benzene rings is 2. The highest BCUT2D eigenvalue weighted by atomic mass is 32.2. The van der Waals surface area contributed by atoms with Crippen LogP contribution in [0, 0.1) is 0 Å². The molecule has 1 heterocycles. The van der Waals surface area contributed by atoms with Crippen LogP contribution in [0.15, 0.2) is 58.5 Å². The van der Waals surface area contributed by atoms with Gasteiger partial charge in [0.05, 0.1) is 18.0 Å². The summed E-state index contributed by atoms with van der Waals surface area (Å²) in [5, 5.41) is 12.5. The number of carbonyl (C=O) groups excluding carboxylic acids is 2. The summed E-state index contributed by atoms with van der Waals surface area (Å²) in [6.07, 6.45) is 2.33. The summed E-state index contributed by atoms with van der Waals surface area (Å²) in [4.78, 5) is 41.0. The number of nitrogens with zero attached hydrogens (tertiary/aromatic N) is 3. The molecule has 2 aromatic carbocycles. The van der Waals surface area contributed by atoms with Crippen molar-refractivity contribution in [3.8, 4) is 11.1 Å². The summed E-state index contributed by atoms with van der Waals surface area (Å²) >= 11 is 1.11. The van der Waals surface area contributed by atoms with E-state index in [9.17, 15) is 27.9 Å². The summed E-state index contributed by atoms with van der Waals surface area (Å²) in [6.45, 7) is 3.98. The number of thioether (sulfide) groups is 1. The lowest BCUT2D eigenvalue weighted by atomic mass is 10.0. The van der Waals surface area contributed by atoms with E-state index in [-0.39, 0.29) is 34.6 Å². The first-order chi connectivity index (χ1) is 18.6. The van der Waals surface area contributed by atoms with E-state index in [0.29, 0.717) is 34.0 Å². The van der Waals surface area contributed by atoms with Crippen LogP contribution in [-0.2, 0) is 21.3 Å². The number of amides is 2. The zero-order valence-electron chi connectivity index (χ0n) is 22.0. The molecule has 208 valence electrons. The molecule has 2 N–H and O–H groups in total. The molecule has 0 spiro atoms. The van der Waals surface area contributed by atoms with Crippen LogP contribution in [0.5, 0.6) is 0 Å². The number of imidazole rings is 1. The van der Waals surface area contributed by atoms with Gasteiger partial charge in [0, 0.05) is 19.2 Å². The zero-order chi connectivity index (χ0) is 28.7. The maximum absolute atomic E-state index is 13.3. The molecule has 0 aliphatic rings. The second-order valence-electron chi connectivity index (χ2n) is 8.30. The number of aromatic nitrogens is 2. The summed E-state index contributed by atoms with van der Waals surface area (Å²) in [5.41, 5.74) is 1.48. The van der Waals surface area contributed by atoms with Gasteiger partial charge in [0.1, 0.15) is 5.03 Å². The number of urea groups is 1. The Morgan fingerprint density at radius 1 is 1.10 bits per heavy atom. The monoisotopic (exact) mass is 574 g/mol. The van der Waals surface area contributed by atoms with Gasteiger partial charge in [0.15, 0.2) is 5.69 Å².